The summed E-state index contributed by atoms with van der Waals surface area (Å²) < 4.78 is 15.2. The number of thioether (sulfide) groups is 1. The van der Waals surface area contributed by atoms with Crippen molar-refractivity contribution in [2.75, 3.05) is 11.1 Å². The number of nitrogens with one attached hydrogen (secondary N) is 1. The highest BCUT2D eigenvalue weighted by atomic mass is 35.5. The summed E-state index contributed by atoms with van der Waals surface area (Å²) >= 11 is 10.1. The van der Waals surface area contributed by atoms with E-state index in [1.54, 1.807) is 23.9 Å². The minimum atomic E-state index is -0.435. The van der Waals surface area contributed by atoms with Gasteiger partial charge in [-0.15, -0.1) is 21.5 Å². The predicted molar refractivity (Wildman–Crippen MR) is 91.1 cm³/mol. The molecule has 4 nitrogen and oxygen atoms in total. The zero-order valence-corrected chi connectivity index (χ0v) is 14.4. The summed E-state index contributed by atoms with van der Waals surface area (Å²) in [6, 6.07) is 4.64. The van der Waals surface area contributed by atoms with Gasteiger partial charge >= 0.3 is 0 Å². The Hall–Kier alpha value is -1.22. The van der Waals surface area contributed by atoms with Crippen molar-refractivity contribution in [3.63, 3.8) is 0 Å². The fourth-order valence-corrected chi connectivity index (χ4v) is 4.91. The average molecular weight is 374 g/mol. The molecule has 0 unspecified atom stereocenters. The molecule has 0 spiro atoms. The summed E-state index contributed by atoms with van der Waals surface area (Å²) in [6.07, 6.45) is 0. The van der Waals surface area contributed by atoms with Gasteiger partial charge in [0.25, 0.3) is 5.91 Å². The van der Waals surface area contributed by atoms with Crippen molar-refractivity contribution >= 4 is 67.2 Å². The molecule has 0 bridgehead atoms. The van der Waals surface area contributed by atoms with Crippen LogP contribution in [0, 0.1) is 5.82 Å². The molecule has 0 aliphatic heterocycles. The fourth-order valence-electron chi connectivity index (χ4n) is 1.81. The number of nitrogens with zero attached hydrogens (tertiary/aromatic N) is 2. The summed E-state index contributed by atoms with van der Waals surface area (Å²) in [6.45, 7) is 2.01. The van der Waals surface area contributed by atoms with Crippen LogP contribution in [-0.2, 0) is 0 Å². The molecule has 114 valence electrons. The van der Waals surface area contributed by atoms with Crippen LogP contribution in [0.3, 0.4) is 0 Å². The monoisotopic (exact) mass is 373 g/mol. The van der Waals surface area contributed by atoms with Crippen LogP contribution in [0.25, 0.3) is 10.1 Å². The zero-order valence-electron chi connectivity index (χ0n) is 11.2. The fraction of sp³-hybridized carbons (Fsp3) is 0.154. The molecule has 3 rings (SSSR count). The Morgan fingerprint density at radius 1 is 1.41 bits per heavy atom. The lowest BCUT2D eigenvalue weighted by Gasteiger charge is -1.98. The number of amides is 1. The highest BCUT2D eigenvalue weighted by Gasteiger charge is 2.20. The number of hydrogen-bond acceptors (Lipinski definition) is 6. The minimum Gasteiger partial charge on any atom is -0.296 e. The average Bonchev–Trinajstić information content (AvgIpc) is 3.05. The summed E-state index contributed by atoms with van der Waals surface area (Å²) in [4.78, 5) is 12.6. The molecule has 0 aliphatic rings. The molecule has 0 saturated heterocycles. The molecular formula is C13H9ClFN3OS3. The van der Waals surface area contributed by atoms with E-state index in [4.69, 9.17) is 11.6 Å². The van der Waals surface area contributed by atoms with E-state index in [9.17, 15) is 9.18 Å². The lowest BCUT2D eigenvalue weighted by atomic mass is 10.2. The van der Waals surface area contributed by atoms with Crippen molar-refractivity contribution in [3.05, 3.63) is 33.9 Å². The van der Waals surface area contributed by atoms with Crippen LogP contribution in [0.5, 0.6) is 0 Å². The van der Waals surface area contributed by atoms with Crippen LogP contribution in [0.2, 0.25) is 5.02 Å². The number of aromatic nitrogens is 2. The molecule has 9 heteroatoms. The molecule has 1 N–H and O–H groups in total. The van der Waals surface area contributed by atoms with Gasteiger partial charge in [-0.1, -0.05) is 47.7 Å². The van der Waals surface area contributed by atoms with E-state index >= 15 is 0 Å². The highest BCUT2D eigenvalue weighted by Crippen LogP contribution is 2.37. The number of hydrogen-bond donors (Lipinski definition) is 1. The molecular weight excluding hydrogens is 365 g/mol. The third-order valence-corrected chi connectivity index (χ3v) is 6.21. The molecule has 0 fully saturated rings. The number of carbonyl (C=O) groups is 1. The lowest BCUT2D eigenvalue weighted by molar-refractivity contribution is 0.103. The molecule has 22 heavy (non-hydrogen) atoms. The Labute approximate surface area is 142 Å². The van der Waals surface area contributed by atoms with E-state index in [1.807, 2.05) is 6.92 Å². The first-order chi connectivity index (χ1) is 10.6. The standard InChI is InChI=1S/C13H9ClFN3OS3/c1-2-20-13-18-17-12(22-13)16-11(19)10-9(14)8-6(15)4-3-5-7(8)21-10/h3-5H,2H2,1H3,(H,16,17,19). The molecule has 3 aromatic rings. The third-order valence-electron chi connectivity index (χ3n) is 2.71. The first-order valence-electron chi connectivity index (χ1n) is 6.24. The van der Waals surface area contributed by atoms with Crippen LogP contribution in [-0.4, -0.2) is 21.9 Å². The van der Waals surface area contributed by atoms with Gasteiger partial charge in [-0.05, 0) is 17.9 Å². The molecule has 1 aromatic carbocycles. The van der Waals surface area contributed by atoms with Gasteiger partial charge in [-0.3, -0.25) is 10.1 Å². The Bertz CT molecular complexity index is 848. The van der Waals surface area contributed by atoms with Gasteiger partial charge in [0, 0.05) is 10.1 Å². The van der Waals surface area contributed by atoms with E-state index in [0.29, 0.717) is 9.83 Å². The predicted octanol–water partition coefficient (Wildman–Crippen LogP) is 4.91. The lowest BCUT2D eigenvalue weighted by Crippen LogP contribution is -2.10. The Morgan fingerprint density at radius 2 is 2.23 bits per heavy atom. The molecule has 0 atom stereocenters. The highest BCUT2D eigenvalue weighted by molar-refractivity contribution is 8.01. The van der Waals surface area contributed by atoms with E-state index in [1.165, 1.54) is 17.4 Å². The van der Waals surface area contributed by atoms with Gasteiger partial charge in [0.05, 0.1) is 5.02 Å². The van der Waals surface area contributed by atoms with Crippen molar-refractivity contribution in [2.45, 2.75) is 11.3 Å². The Kier molecular flexibility index (Phi) is 4.62. The Balaban J connectivity index is 1.88. The summed E-state index contributed by atoms with van der Waals surface area (Å²) in [5, 5.41) is 11.3. The topological polar surface area (TPSA) is 54.9 Å². The third kappa shape index (κ3) is 2.96. The number of anilines is 1. The maximum absolute atomic E-state index is 13.8. The number of rotatable bonds is 4. The van der Waals surface area contributed by atoms with Crippen LogP contribution >= 0.6 is 46.0 Å². The number of carbonyl (C=O) groups excluding carboxylic acids is 1. The first-order valence-corrected chi connectivity index (χ1v) is 9.24. The number of benzene rings is 1. The normalized spacial score (nSPS) is 11.0. The number of halogens is 2. The van der Waals surface area contributed by atoms with E-state index in [2.05, 4.69) is 15.5 Å². The second kappa shape index (κ2) is 6.49. The smallest absolute Gasteiger partial charge is 0.269 e. The zero-order chi connectivity index (χ0) is 15.7. The van der Waals surface area contributed by atoms with Crippen LogP contribution in [0.4, 0.5) is 9.52 Å². The van der Waals surface area contributed by atoms with Crippen LogP contribution < -0.4 is 5.32 Å². The maximum atomic E-state index is 13.8. The Morgan fingerprint density at radius 3 is 2.95 bits per heavy atom. The summed E-state index contributed by atoms with van der Waals surface area (Å²) in [7, 11) is 0. The molecule has 0 saturated carbocycles. The van der Waals surface area contributed by atoms with Crippen molar-refractivity contribution in [2.24, 2.45) is 0 Å². The van der Waals surface area contributed by atoms with Crippen LogP contribution in [0.1, 0.15) is 16.6 Å². The maximum Gasteiger partial charge on any atom is 0.269 e. The van der Waals surface area contributed by atoms with E-state index < -0.39 is 11.7 Å². The quantitative estimate of drug-likeness (QED) is 0.521. The van der Waals surface area contributed by atoms with E-state index in [-0.39, 0.29) is 15.3 Å². The second-order valence-electron chi connectivity index (χ2n) is 4.12. The summed E-state index contributed by atoms with van der Waals surface area (Å²) in [5.74, 6) is 0.0365. The number of thiophene rings is 1. The van der Waals surface area contributed by atoms with Crippen molar-refractivity contribution in [3.8, 4) is 0 Å². The van der Waals surface area contributed by atoms with E-state index in [0.717, 1.165) is 21.4 Å². The van der Waals surface area contributed by atoms with Crippen molar-refractivity contribution in [1.82, 2.24) is 10.2 Å². The molecule has 0 aliphatic carbocycles. The molecule has 2 aromatic heterocycles. The van der Waals surface area contributed by atoms with Crippen LogP contribution in [0.15, 0.2) is 22.5 Å². The van der Waals surface area contributed by atoms with Crippen molar-refractivity contribution in [1.29, 1.82) is 0 Å². The van der Waals surface area contributed by atoms with Gasteiger partial charge in [0.1, 0.15) is 10.7 Å². The van der Waals surface area contributed by atoms with Gasteiger partial charge in [-0.2, -0.15) is 0 Å². The first kappa shape index (κ1) is 15.7. The minimum absolute atomic E-state index is 0.128. The van der Waals surface area contributed by atoms with Crippen molar-refractivity contribution < 1.29 is 9.18 Å². The van der Waals surface area contributed by atoms with Gasteiger partial charge in [0.2, 0.25) is 5.13 Å². The molecule has 0 radical (unpaired) electrons. The van der Waals surface area contributed by atoms with Gasteiger partial charge in [0.15, 0.2) is 4.34 Å². The SMILES string of the molecule is CCSc1nnc(NC(=O)c2sc3cccc(F)c3c2Cl)s1. The van der Waals surface area contributed by atoms with Gasteiger partial charge < -0.3 is 0 Å². The largest absolute Gasteiger partial charge is 0.296 e. The van der Waals surface area contributed by atoms with Gasteiger partial charge in [-0.25, -0.2) is 4.39 Å². The molecule has 2 heterocycles. The summed E-state index contributed by atoms with van der Waals surface area (Å²) in [5.41, 5.74) is 0. The molecule has 1 amide bonds. The second-order valence-corrected chi connectivity index (χ2v) is 8.04. The number of fused-ring (bicyclic) bond motifs is 1.